The molecule has 32 heavy (non-hydrogen) atoms. The molecule has 0 bridgehead atoms. The van der Waals surface area contributed by atoms with Gasteiger partial charge in [-0.2, -0.15) is 0 Å². The van der Waals surface area contributed by atoms with E-state index in [1.165, 1.54) is 12.0 Å². The number of ketones is 1. The molecular weight excluding hydrogens is 406 g/mol. The summed E-state index contributed by atoms with van der Waals surface area (Å²) in [5, 5.41) is 13.2. The summed E-state index contributed by atoms with van der Waals surface area (Å²) in [6.45, 7) is 2.94. The lowest BCUT2D eigenvalue weighted by Crippen LogP contribution is -2.32. The molecule has 164 valence electrons. The molecule has 1 fully saturated rings. The quantitative estimate of drug-likeness (QED) is 0.343. The monoisotopic (exact) mass is 431 g/mol. The van der Waals surface area contributed by atoms with Crippen molar-refractivity contribution in [3.05, 3.63) is 83.4 Å². The van der Waals surface area contributed by atoms with Crippen LogP contribution in [0.2, 0.25) is 0 Å². The highest BCUT2D eigenvalue weighted by molar-refractivity contribution is 6.46. The van der Waals surface area contributed by atoms with Gasteiger partial charge in [0.15, 0.2) is 0 Å². The molecule has 0 saturated carbocycles. The van der Waals surface area contributed by atoms with E-state index in [9.17, 15) is 14.7 Å². The predicted molar refractivity (Wildman–Crippen MR) is 122 cm³/mol. The second-order valence-corrected chi connectivity index (χ2v) is 7.55. The molecule has 1 amide bonds. The number of Topliss-reactive ketones (excluding diaryl/α,β-unsaturated/α-hetero) is 1. The van der Waals surface area contributed by atoms with E-state index in [-0.39, 0.29) is 24.5 Å². The van der Waals surface area contributed by atoms with Crippen LogP contribution in [0, 0.1) is 0 Å². The van der Waals surface area contributed by atoms with Crippen molar-refractivity contribution in [2.24, 2.45) is 0 Å². The van der Waals surface area contributed by atoms with Crippen LogP contribution in [0.25, 0.3) is 16.5 Å². The number of ether oxygens (including phenoxy) is 2. The van der Waals surface area contributed by atoms with Gasteiger partial charge in [0.1, 0.15) is 11.5 Å². The SMILES string of the molecule is CCOc1ccc(C2/C(=C(/O)c3ccc4ccccc4c3)C(=O)C(=O)N2CCOC)cc1. The first-order chi connectivity index (χ1) is 15.5. The van der Waals surface area contributed by atoms with Crippen molar-refractivity contribution in [1.82, 2.24) is 4.90 Å². The average Bonchev–Trinajstić information content (AvgIpc) is 3.07. The van der Waals surface area contributed by atoms with Gasteiger partial charge in [0.2, 0.25) is 0 Å². The molecule has 0 aromatic heterocycles. The van der Waals surface area contributed by atoms with E-state index in [0.717, 1.165) is 10.8 Å². The number of fused-ring (bicyclic) bond motifs is 1. The summed E-state index contributed by atoms with van der Waals surface area (Å²) < 4.78 is 10.7. The first-order valence-electron chi connectivity index (χ1n) is 10.5. The van der Waals surface area contributed by atoms with Gasteiger partial charge >= 0.3 is 0 Å². The number of aliphatic hydroxyl groups is 1. The highest BCUT2D eigenvalue weighted by Crippen LogP contribution is 2.40. The molecule has 0 spiro atoms. The average molecular weight is 431 g/mol. The minimum atomic E-state index is -0.715. The zero-order valence-electron chi connectivity index (χ0n) is 18.1. The lowest BCUT2D eigenvalue weighted by molar-refractivity contribution is -0.140. The summed E-state index contributed by atoms with van der Waals surface area (Å²) in [6, 6.07) is 19.7. The Labute approximate surface area is 186 Å². The van der Waals surface area contributed by atoms with Crippen molar-refractivity contribution in [2.45, 2.75) is 13.0 Å². The van der Waals surface area contributed by atoms with Crippen molar-refractivity contribution in [3.8, 4) is 5.75 Å². The minimum absolute atomic E-state index is 0.0746. The van der Waals surface area contributed by atoms with E-state index < -0.39 is 17.7 Å². The Bertz CT molecular complexity index is 1180. The summed E-state index contributed by atoms with van der Waals surface area (Å²) in [4.78, 5) is 27.4. The van der Waals surface area contributed by atoms with Gasteiger partial charge in [-0.1, -0.05) is 48.5 Å². The number of nitrogens with zero attached hydrogens (tertiary/aromatic N) is 1. The van der Waals surface area contributed by atoms with Gasteiger partial charge in [-0.15, -0.1) is 0 Å². The fourth-order valence-electron chi connectivity index (χ4n) is 4.05. The number of amides is 1. The second-order valence-electron chi connectivity index (χ2n) is 7.55. The van der Waals surface area contributed by atoms with Crippen LogP contribution in [0.3, 0.4) is 0 Å². The van der Waals surface area contributed by atoms with Crippen LogP contribution in [-0.2, 0) is 14.3 Å². The van der Waals surface area contributed by atoms with Crippen molar-refractivity contribution in [1.29, 1.82) is 0 Å². The van der Waals surface area contributed by atoms with Gasteiger partial charge in [0.25, 0.3) is 11.7 Å². The maximum atomic E-state index is 13.0. The summed E-state index contributed by atoms with van der Waals surface area (Å²) >= 11 is 0. The topological polar surface area (TPSA) is 76.1 Å². The Morgan fingerprint density at radius 1 is 1.00 bits per heavy atom. The maximum absolute atomic E-state index is 13.0. The number of benzene rings is 3. The first-order valence-corrected chi connectivity index (χ1v) is 10.5. The molecule has 1 aliphatic heterocycles. The Kier molecular flexibility index (Phi) is 6.23. The molecule has 1 N–H and O–H groups in total. The maximum Gasteiger partial charge on any atom is 0.295 e. The summed E-state index contributed by atoms with van der Waals surface area (Å²) in [5.74, 6) is -0.846. The normalized spacial score (nSPS) is 17.8. The van der Waals surface area contributed by atoms with Gasteiger partial charge in [0, 0.05) is 19.2 Å². The smallest absolute Gasteiger partial charge is 0.295 e. The van der Waals surface area contributed by atoms with E-state index in [0.29, 0.717) is 23.5 Å². The van der Waals surface area contributed by atoms with Crippen molar-refractivity contribution >= 4 is 28.2 Å². The summed E-state index contributed by atoms with van der Waals surface area (Å²) in [7, 11) is 1.54. The molecule has 6 heteroatoms. The molecule has 1 saturated heterocycles. The third-order valence-corrected chi connectivity index (χ3v) is 5.61. The zero-order valence-corrected chi connectivity index (χ0v) is 18.1. The van der Waals surface area contributed by atoms with E-state index in [1.807, 2.05) is 55.5 Å². The molecule has 1 unspecified atom stereocenters. The zero-order chi connectivity index (χ0) is 22.7. The molecule has 4 rings (SSSR count). The molecule has 1 aliphatic rings. The molecule has 1 heterocycles. The van der Waals surface area contributed by atoms with Crippen molar-refractivity contribution < 1.29 is 24.2 Å². The third kappa shape index (κ3) is 3.97. The number of methoxy groups -OCH3 is 1. The number of rotatable bonds is 7. The summed E-state index contributed by atoms with van der Waals surface area (Å²) in [6.07, 6.45) is 0. The fraction of sp³-hybridized carbons (Fsp3) is 0.231. The highest BCUT2D eigenvalue weighted by atomic mass is 16.5. The van der Waals surface area contributed by atoms with Crippen LogP contribution in [0.4, 0.5) is 0 Å². The molecule has 3 aromatic carbocycles. The third-order valence-electron chi connectivity index (χ3n) is 5.61. The van der Waals surface area contributed by atoms with Gasteiger partial charge in [-0.25, -0.2) is 0 Å². The Morgan fingerprint density at radius 2 is 1.72 bits per heavy atom. The fourth-order valence-corrected chi connectivity index (χ4v) is 4.05. The Hall–Kier alpha value is -3.64. The van der Waals surface area contributed by atoms with Crippen molar-refractivity contribution in [2.75, 3.05) is 26.9 Å². The van der Waals surface area contributed by atoms with Gasteiger partial charge in [-0.05, 0) is 41.5 Å². The summed E-state index contributed by atoms with van der Waals surface area (Å²) in [5.41, 5.74) is 1.28. The molecule has 0 radical (unpaired) electrons. The first kappa shape index (κ1) is 21.6. The number of carbonyl (C=O) groups is 2. The minimum Gasteiger partial charge on any atom is -0.507 e. The second kappa shape index (κ2) is 9.24. The predicted octanol–water partition coefficient (Wildman–Crippen LogP) is 4.31. The Balaban J connectivity index is 1.83. The number of hydrogen-bond acceptors (Lipinski definition) is 5. The lowest BCUT2D eigenvalue weighted by atomic mass is 9.94. The Morgan fingerprint density at radius 3 is 2.41 bits per heavy atom. The number of carbonyl (C=O) groups excluding carboxylic acids is 2. The molecule has 6 nitrogen and oxygen atoms in total. The van der Waals surface area contributed by atoms with Crippen molar-refractivity contribution in [3.63, 3.8) is 0 Å². The van der Waals surface area contributed by atoms with Crippen LogP contribution in [0.1, 0.15) is 24.1 Å². The lowest BCUT2D eigenvalue weighted by Gasteiger charge is -2.25. The van der Waals surface area contributed by atoms with E-state index in [2.05, 4.69) is 0 Å². The standard InChI is InChI=1S/C26H25NO5/c1-3-32-21-12-10-18(11-13-21)23-22(25(29)26(30)27(23)14-15-31-2)24(28)20-9-8-17-6-4-5-7-19(17)16-20/h4-13,16,23,28H,3,14-15H2,1-2H3/b24-22-. The van der Waals surface area contributed by atoms with E-state index in [4.69, 9.17) is 9.47 Å². The van der Waals surface area contributed by atoms with E-state index >= 15 is 0 Å². The molecule has 1 atom stereocenters. The number of likely N-dealkylation sites (tertiary alicyclic amines) is 1. The number of hydrogen-bond donors (Lipinski definition) is 1. The highest BCUT2D eigenvalue weighted by Gasteiger charge is 2.45. The largest absolute Gasteiger partial charge is 0.507 e. The van der Waals surface area contributed by atoms with E-state index in [1.54, 1.807) is 18.2 Å². The molecular formula is C26H25NO5. The van der Waals surface area contributed by atoms with Gasteiger partial charge in [0.05, 0.1) is 24.8 Å². The van der Waals surface area contributed by atoms with Crippen LogP contribution in [0.15, 0.2) is 72.3 Å². The van der Waals surface area contributed by atoms with Gasteiger partial charge in [-0.3, -0.25) is 9.59 Å². The van der Waals surface area contributed by atoms with Gasteiger partial charge < -0.3 is 19.5 Å². The molecule has 0 aliphatic carbocycles. The van der Waals surface area contributed by atoms with Crippen LogP contribution in [-0.4, -0.2) is 48.6 Å². The van der Waals surface area contributed by atoms with Crippen LogP contribution in [0.5, 0.6) is 5.75 Å². The van der Waals surface area contributed by atoms with Crippen LogP contribution < -0.4 is 4.74 Å². The van der Waals surface area contributed by atoms with Crippen LogP contribution >= 0.6 is 0 Å². The number of aliphatic hydroxyl groups excluding tert-OH is 1. The molecule has 3 aromatic rings.